The standard InChI is InChI=1S/C31H38BrN3O4S/c1-5-6-16-33-31(37)29(20-25-10-8-7-9-11-25)34(21-26-12-14-27(32)15-13-26)30(36)22-35(40(4,38)39)28-18-23(2)17-24(3)19-28/h7-15,17-19,29H,5-6,16,20-22H2,1-4H3,(H,33,37)/t29-/m0/s1. The fourth-order valence-electron chi connectivity index (χ4n) is 4.55. The van der Waals surface area contributed by atoms with E-state index in [0.717, 1.165) is 50.1 Å². The zero-order chi connectivity index (χ0) is 29.3. The van der Waals surface area contributed by atoms with Crippen molar-refractivity contribution >= 4 is 43.5 Å². The molecule has 0 aliphatic heterocycles. The topological polar surface area (TPSA) is 86.8 Å². The van der Waals surface area contributed by atoms with Crippen molar-refractivity contribution in [1.29, 1.82) is 0 Å². The Morgan fingerprint density at radius 1 is 0.925 bits per heavy atom. The third kappa shape index (κ3) is 9.20. The molecule has 0 fully saturated rings. The van der Waals surface area contributed by atoms with Gasteiger partial charge in [-0.05, 0) is 66.8 Å². The van der Waals surface area contributed by atoms with Crippen LogP contribution in [0.3, 0.4) is 0 Å². The summed E-state index contributed by atoms with van der Waals surface area (Å²) in [5, 5.41) is 2.99. The van der Waals surface area contributed by atoms with Gasteiger partial charge in [-0.3, -0.25) is 13.9 Å². The molecule has 1 N–H and O–H groups in total. The first-order chi connectivity index (χ1) is 19.0. The van der Waals surface area contributed by atoms with Crippen LogP contribution in [0.2, 0.25) is 0 Å². The minimum atomic E-state index is -3.80. The van der Waals surface area contributed by atoms with Crippen LogP contribution in [0.5, 0.6) is 0 Å². The Bertz CT molecular complexity index is 1380. The van der Waals surface area contributed by atoms with Crippen molar-refractivity contribution < 1.29 is 18.0 Å². The third-order valence-corrected chi connectivity index (χ3v) is 8.21. The van der Waals surface area contributed by atoms with Gasteiger partial charge >= 0.3 is 0 Å². The average molecular weight is 629 g/mol. The molecule has 9 heteroatoms. The van der Waals surface area contributed by atoms with Gasteiger partial charge < -0.3 is 10.2 Å². The van der Waals surface area contributed by atoms with Crippen LogP contribution >= 0.6 is 15.9 Å². The fourth-order valence-corrected chi connectivity index (χ4v) is 5.65. The minimum Gasteiger partial charge on any atom is -0.354 e. The first-order valence-corrected chi connectivity index (χ1v) is 16.0. The molecule has 0 aromatic heterocycles. The Morgan fingerprint density at radius 3 is 2.12 bits per heavy atom. The van der Waals surface area contributed by atoms with Gasteiger partial charge in [0.1, 0.15) is 12.6 Å². The summed E-state index contributed by atoms with van der Waals surface area (Å²) in [7, 11) is -3.80. The summed E-state index contributed by atoms with van der Waals surface area (Å²) < 4.78 is 27.9. The number of nitrogens with zero attached hydrogens (tertiary/aromatic N) is 2. The number of amides is 2. The molecule has 0 unspecified atom stereocenters. The lowest BCUT2D eigenvalue weighted by molar-refractivity contribution is -0.140. The van der Waals surface area contributed by atoms with E-state index in [4.69, 9.17) is 0 Å². The van der Waals surface area contributed by atoms with Crippen LogP contribution in [0.1, 0.15) is 42.0 Å². The summed E-state index contributed by atoms with van der Waals surface area (Å²) in [6, 6.07) is 21.7. The Labute approximate surface area is 246 Å². The van der Waals surface area contributed by atoms with Gasteiger partial charge in [0.25, 0.3) is 0 Å². The Balaban J connectivity index is 2.04. The van der Waals surface area contributed by atoms with Crippen LogP contribution in [0.4, 0.5) is 5.69 Å². The Hall–Kier alpha value is -3.17. The maximum Gasteiger partial charge on any atom is 0.244 e. The summed E-state index contributed by atoms with van der Waals surface area (Å²) in [4.78, 5) is 29.2. The minimum absolute atomic E-state index is 0.148. The monoisotopic (exact) mass is 627 g/mol. The molecule has 0 spiro atoms. The third-order valence-electron chi connectivity index (χ3n) is 6.54. The molecule has 0 saturated carbocycles. The molecule has 7 nitrogen and oxygen atoms in total. The zero-order valence-electron chi connectivity index (χ0n) is 23.6. The molecule has 0 radical (unpaired) electrons. The molecule has 1 atom stereocenters. The van der Waals surface area contributed by atoms with E-state index in [1.165, 1.54) is 4.90 Å². The lowest BCUT2D eigenvalue weighted by atomic mass is 10.0. The number of benzene rings is 3. The molecule has 0 saturated heterocycles. The summed E-state index contributed by atoms with van der Waals surface area (Å²) >= 11 is 3.45. The number of sulfonamides is 1. The fraction of sp³-hybridized carbons (Fsp3) is 0.355. The second-order valence-corrected chi connectivity index (χ2v) is 12.9. The van der Waals surface area contributed by atoms with E-state index in [1.54, 1.807) is 12.1 Å². The summed E-state index contributed by atoms with van der Waals surface area (Å²) in [6.45, 7) is 6.04. The van der Waals surface area contributed by atoms with Crippen molar-refractivity contribution in [3.05, 3.63) is 99.5 Å². The number of hydrogen-bond donors (Lipinski definition) is 1. The lowest BCUT2D eigenvalue weighted by Crippen LogP contribution is -2.53. The van der Waals surface area contributed by atoms with Crippen molar-refractivity contribution in [2.24, 2.45) is 0 Å². The SMILES string of the molecule is CCCCNC(=O)[C@H](Cc1ccccc1)N(Cc1ccc(Br)cc1)C(=O)CN(c1cc(C)cc(C)c1)S(C)(=O)=O. The molecule has 3 aromatic carbocycles. The first kappa shape index (κ1) is 31.4. The van der Waals surface area contributed by atoms with Crippen LogP contribution in [-0.4, -0.2) is 50.5 Å². The highest BCUT2D eigenvalue weighted by atomic mass is 79.9. The highest BCUT2D eigenvalue weighted by Crippen LogP contribution is 2.23. The summed E-state index contributed by atoms with van der Waals surface area (Å²) in [5.74, 6) is -0.723. The largest absolute Gasteiger partial charge is 0.354 e. The predicted octanol–water partition coefficient (Wildman–Crippen LogP) is 5.39. The smallest absolute Gasteiger partial charge is 0.244 e. The van der Waals surface area contributed by atoms with E-state index in [9.17, 15) is 18.0 Å². The van der Waals surface area contributed by atoms with Crippen molar-refractivity contribution in [1.82, 2.24) is 10.2 Å². The number of anilines is 1. The Morgan fingerprint density at radius 2 is 1.55 bits per heavy atom. The molecule has 0 aliphatic carbocycles. The molecule has 0 aliphatic rings. The van der Waals surface area contributed by atoms with E-state index in [2.05, 4.69) is 21.2 Å². The second kappa shape index (κ2) is 14.5. The number of halogens is 1. The van der Waals surface area contributed by atoms with Crippen LogP contribution < -0.4 is 9.62 Å². The number of nitrogens with one attached hydrogen (secondary N) is 1. The maximum atomic E-state index is 14.1. The van der Waals surface area contributed by atoms with Crippen LogP contribution in [0.15, 0.2) is 77.3 Å². The lowest BCUT2D eigenvalue weighted by Gasteiger charge is -2.33. The molecule has 3 aromatic rings. The normalized spacial score (nSPS) is 12.0. The Kier molecular flexibility index (Phi) is 11.3. The quantitative estimate of drug-likeness (QED) is 0.258. The van der Waals surface area contributed by atoms with Gasteiger partial charge in [-0.25, -0.2) is 8.42 Å². The van der Waals surface area contributed by atoms with Gasteiger partial charge in [0.05, 0.1) is 11.9 Å². The highest BCUT2D eigenvalue weighted by molar-refractivity contribution is 9.10. The zero-order valence-corrected chi connectivity index (χ0v) is 26.0. The second-order valence-electron chi connectivity index (χ2n) is 10.1. The van der Waals surface area contributed by atoms with Crippen LogP contribution in [0.25, 0.3) is 0 Å². The van der Waals surface area contributed by atoms with Crippen molar-refractivity contribution in [2.45, 2.75) is 52.6 Å². The van der Waals surface area contributed by atoms with E-state index in [1.807, 2.05) is 81.4 Å². The van der Waals surface area contributed by atoms with Crippen molar-refractivity contribution in [3.8, 4) is 0 Å². The molecule has 3 rings (SSSR count). The van der Waals surface area contributed by atoms with Gasteiger partial charge in [-0.2, -0.15) is 0 Å². The van der Waals surface area contributed by atoms with Gasteiger partial charge in [0.2, 0.25) is 21.8 Å². The molecule has 0 bridgehead atoms. The maximum absolute atomic E-state index is 14.1. The molecular weight excluding hydrogens is 590 g/mol. The molecular formula is C31H38BrN3O4S. The van der Waals surface area contributed by atoms with E-state index >= 15 is 0 Å². The van der Waals surface area contributed by atoms with Crippen LogP contribution in [-0.2, 0) is 32.6 Å². The van der Waals surface area contributed by atoms with E-state index in [0.29, 0.717) is 18.7 Å². The summed E-state index contributed by atoms with van der Waals surface area (Å²) in [5.41, 5.74) is 3.93. The van der Waals surface area contributed by atoms with Gasteiger partial charge in [-0.1, -0.05) is 77.8 Å². The molecule has 0 heterocycles. The average Bonchev–Trinajstić information content (AvgIpc) is 2.89. The summed E-state index contributed by atoms with van der Waals surface area (Å²) in [6.07, 6.45) is 3.13. The van der Waals surface area contributed by atoms with Gasteiger partial charge in [-0.15, -0.1) is 0 Å². The number of carbonyl (C=O) groups is 2. The van der Waals surface area contributed by atoms with Gasteiger partial charge in [0, 0.05) is 24.0 Å². The van der Waals surface area contributed by atoms with Crippen molar-refractivity contribution in [2.75, 3.05) is 23.7 Å². The molecule has 214 valence electrons. The highest BCUT2D eigenvalue weighted by Gasteiger charge is 2.33. The number of unbranched alkanes of at least 4 members (excludes halogenated alkanes) is 1. The molecule has 40 heavy (non-hydrogen) atoms. The molecule has 2 amide bonds. The van der Waals surface area contributed by atoms with Crippen molar-refractivity contribution in [3.63, 3.8) is 0 Å². The van der Waals surface area contributed by atoms with E-state index < -0.39 is 28.5 Å². The predicted molar refractivity (Wildman–Crippen MR) is 165 cm³/mol. The number of carbonyl (C=O) groups excluding carboxylic acids is 2. The number of hydrogen-bond acceptors (Lipinski definition) is 4. The number of rotatable bonds is 13. The van der Waals surface area contributed by atoms with Crippen LogP contribution in [0, 0.1) is 13.8 Å². The van der Waals surface area contributed by atoms with Gasteiger partial charge in [0.15, 0.2) is 0 Å². The van der Waals surface area contributed by atoms with E-state index in [-0.39, 0.29) is 12.5 Å². The number of aryl methyl sites for hydroxylation is 2. The first-order valence-electron chi connectivity index (χ1n) is 13.4.